The van der Waals surface area contributed by atoms with Crippen molar-refractivity contribution < 1.29 is 23.8 Å². The lowest BCUT2D eigenvalue weighted by atomic mass is 10.0. The van der Waals surface area contributed by atoms with Crippen molar-refractivity contribution >= 4 is 23.1 Å². The molecule has 0 aromatic heterocycles. The maximum Gasteiger partial charge on any atom is 0.278 e. The molecule has 1 aliphatic rings. The number of carbonyl (C=O) groups excluding carboxylic acids is 2. The summed E-state index contributed by atoms with van der Waals surface area (Å²) in [4.78, 5) is 27.8. The largest absolute Gasteiger partial charge is 0.497 e. The van der Waals surface area contributed by atoms with Crippen LogP contribution in [0.25, 0.3) is 5.57 Å². The van der Waals surface area contributed by atoms with E-state index < -0.39 is 0 Å². The lowest BCUT2D eigenvalue weighted by Crippen LogP contribution is -2.35. The Bertz CT molecular complexity index is 1010. The van der Waals surface area contributed by atoms with Gasteiger partial charge in [0.2, 0.25) is 0 Å². The predicted octanol–water partition coefficient (Wildman–Crippen LogP) is 4.34. The van der Waals surface area contributed by atoms with Crippen molar-refractivity contribution in [1.82, 2.24) is 4.90 Å². The Hall–Kier alpha value is -3.48. The molecule has 2 aromatic rings. The number of carbonyl (C=O) groups is 2. The van der Waals surface area contributed by atoms with Gasteiger partial charge in [-0.1, -0.05) is 26.0 Å². The Morgan fingerprint density at radius 1 is 0.906 bits per heavy atom. The van der Waals surface area contributed by atoms with Crippen LogP contribution in [0.4, 0.5) is 5.69 Å². The summed E-state index contributed by atoms with van der Waals surface area (Å²) in [5.74, 6) is 1.36. The van der Waals surface area contributed by atoms with Crippen molar-refractivity contribution in [3.63, 3.8) is 0 Å². The number of hydrogen-bond acceptors (Lipinski definition) is 6. The average Bonchev–Trinajstić information content (AvgIpc) is 3.00. The van der Waals surface area contributed by atoms with E-state index >= 15 is 0 Å². The second kappa shape index (κ2) is 10.2. The van der Waals surface area contributed by atoms with Crippen LogP contribution in [0.15, 0.2) is 48.2 Å². The molecular formula is C25H30N2O5. The summed E-state index contributed by atoms with van der Waals surface area (Å²) in [6.45, 7) is 9.07. The van der Waals surface area contributed by atoms with E-state index in [4.69, 9.17) is 14.2 Å². The fourth-order valence-electron chi connectivity index (χ4n) is 3.52. The van der Waals surface area contributed by atoms with Gasteiger partial charge in [0, 0.05) is 18.3 Å². The molecule has 32 heavy (non-hydrogen) atoms. The van der Waals surface area contributed by atoms with Gasteiger partial charge in [-0.25, -0.2) is 0 Å². The maximum atomic E-state index is 13.2. The summed E-state index contributed by atoms with van der Waals surface area (Å²) in [5, 5.41) is 3.17. The second-order valence-corrected chi connectivity index (χ2v) is 7.75. The quantitative estimate of drug-likeness (QED) is 0.556. The number of imide groups is 1. The molecule has 0 radical (unpaired) electrons. The van der Waals surface area contributed by atoms with Gasteiger partial charge in [0.1, 0.15) is 11.4 Å². The van der Waals surface area contributed by atoms with Gasteiger partial charge >= 0.3 is 0 Å². The SMILES string of the molecule is CCOc1ccc(NC2=C(c3ccc(OC)cc3)C(=O)N(CC(C)C)C2=O)cc1OCC. The molecule has 1 aliphatic heterocycles. The highest BCUT2D eigenvalue weighted by Gasteiger charge is 2.39. The number of anilines is 1. The van der Waals surface area contributed by atoms with E-state index in [1.54, 1.807) is 49.6 Å². The number of ether oxygens (including phenoxy) is 3. The smallest absolute Gasteiger partial charge is 0.278 e. The molecule has 170 valence electrons. The number of methoxy groups -OCH3 is 1. The third-order valence-electron chi connectivity index (χ3n) is 4.91. The number of nitrogens with zero attached hydrogens (tertiary/aromatic N) is 1. The molecule has 2 aromatic carbocycles. The van der Waals surface area contributed by atoms with Crippen LogP contribution in [-0.2, 0) is 9.59 Å². The van der Waals surface area contributed by atoms with Crippen LogP contribution >= 0.6 is 0 Å². The molecule has 0 unspecified atom stereocenters. The lowest BCUT2D eigenvalue weighted by Gasteiger charge is -2.17. The average molecular weight is 439 g/mol. The third kappa shape index (κ3) is 4.88. The van der Waals surface area contributed by atoms with Crippen molar-refractivity contribution in [3.8, 4) is 17.2 Å². The molecule has 3 rings (SSSR count). The number of hydrogen-bond donors (Lipinski definition) is 1. The van der Waals surface area contributed by atoms with Crippen LogP contribution in [0.2, 0.25) is 0 Å². The van der Waals surface area contributed by atoms with Crippen molar-refractivity contribution in [2.45, 2.75) is 27.7 Å². The maximum absolute atomic E-state index is 13.2. The molecule has 0 bridgehead atoms. The minimum Gasteiger partial charge on any atom is -0.497 e. The van der Waals surface area contributed by atoms with Crippen LogP contribution in [-0.4, -0.2) is 43.6 Å². The van der Waals surface area contributed by atoms with E-state index in [1.165, 1.54) is 4.90 Å². The Kier molecular flexibility index (Phi) is 7.41. The van der Waals surface area contributed by atoms with Crippen LogP contribution in [0.5, 0.6) is 17.2 Å². The van der Waals surface area contributed by atoms with Crippen molar-refractivity contribution in [2.24, 2.45) is 5.92 Å². The molecule has 0 saturated carbocycles. The molecule has 7 nitrogen and oxygen atoms in total. The van der Waals surface area contributed by atoms with E-state index in [-0.39, 0.29) is 23.4 Å². The fraction of sp³-hybridized carbons (Fsp3) is 0.360. The van der Waals surface area contributed by atoms with Crippen LogP contribution in [0.3, 0.4) is 0 Å². The predicted molar refractivity (Wildman–Crippen MR) is 124 cm³/mol. The second-order valence-electron chi connectivity index (χ2n) is 7.75. The molecule has 0 fully saturated rings. The van der Waals surface area contributed by atoms with E-state index in [2.05, 4.69) is 5.32 Å². The molecule has 2 amide bonds. The normalized spacial score (nSPS) is 13.8. The van der Waals surface area contributed by atoms with Gasteiger partial charge in [0.05, 0.1) is 25.9 Å². The topological polar surface area (TPSA) is 77.1 Å². The van der Waals surface area contributed by atoms with Crippen LogP contribution in [0, 0.1) is 5.92 Å². The van der Waals surface area contributed by atoms with Crippen molar-refractivity contribution in [2.75, 3.05) is 32.2 Å². The van der Waals surface area contributed by atoms with E-state index in [1.807, 2.05) is 27.7 Å². The standard InChI is InChI=1S/C25H30N2O5/c1-6-31-20-13-10-18(14-21(20)32-7-2)26-23-22(17-8-11-19(30-5)12-9-17)24(28)27(25(23)29)15-16(3)4/h8-14,16,26H,6-7,15H2,1-5H3. The molecule has 0 atom stereocenters. The summed E-state index contributed by atoms with van der Waals surface area (Å²) in [6.07, 6.45) is 0. The first-order valence-corrected chi connectivity index (χ1v) is 10.8. The molecule has 0 aliphatic carbocycles. The minimum absolute atomic E-state index is 0.148. The molecule has 7 heteroatoms. The zero-order chi connectivity index (χ0) is 23.3. The van der Waals surface area contributed by atoms with Gasteiger partial charge in [-0.3, -0.25) is 14.5 Å². The van der Waals surface area contributed by atoms with Crippen molar-refractivity contribution in [1.29, 1.82) is 0 Å². The fourth-order valence-corrected chi connectivity index (χ4v) is 3.52. The van der Waals surface area contributed by atoms with Gasteiger partial charge in [-0.15, -0.1) is 0 Å². The summed E-state index contributed by atoms with van der Waals surface area (Å²) in [6, 6.07) is 12.5. The van der Waals surface area contributed by atoms with Gasteiger partial charge in [-0.2, -0.15) is 0 Å². The Morgan fingerprint density at radius 2 is 1.56 bits per heavy atom. The van der Waals surface area contributed by atoms with Crippen molar-refractivity contribution in [3.05, 3.63) is 53.7 Å². The lowest BCUT2D eigenvalue weighted by molar-refractivity contribution is -0.137. The number of benzene rings is 2. The number of amides is 2. The molecule has 1 heterocycles. The minimum atomic E-state index is -0.346. The number of rotatable bonds is 10. The van der Waals surface area contributed by atoms with Gasteiger partial charge < -0.3 is 19.5 Å². The first kappa shape index (κ1) is 23.2. The highest BCUT2D eigenvalue weighted by Crippen LogP contribution is 2.35. The summed E-state index contributed by atoms with van der Waals surface area (Å²) in [7, 11) is 1.58. The van der Waals surface area contributed by atoms with E-state index in [0.29, 0.717) is 53.8 Å². The first-order chi connectivity index (χ1) is 15.4. The molecular weight excluding hydrogens is 408 g/mol. The van der Waals surface area contributed by atoms with Gasteiger partial charge in [-0.05, 0) is 49.6 Å². The van der Waals surface area contributed by atoms with Gasteiger partial charge in [0.25, 0.3) is 11.8 Å². The molecule has 0 saturated heterocycles. The zero-order valence-electron chi connectivity index (χ0n) is 19.2. The summed E-state index contributed by atoms with van der Waals surface area (Å²) in [5.41, 5.74) is 1.86. The first-order valence-electron chi connectivity index (χ1n) is 10.8. The Morgan fingerprint density at radius 3 is 2.16 bits per heavy atom. The van der Waals surface area contributed by atoms with Crippen LogP contribution < -0.4 is 19.5 Å². The van der Waals surface area contributed by atoms with E-state index in [9.17, 15) is 9.59 Å². The summed E-state index contributed by atoms with van der Waals surface area (Å²) >= 11 is 0. The Labute approximate surface area is 189 Å². The molecule has 1 N–H and O–H groups in total. The van der Waals surface area contributed by atoms with Crippen LogP contribution in [0.1, 0.15) is 33.3 Å². The molecule has 0 spiro atoms. The monoisotopic (exact) mass is 438 g/mol. The highest BCUT2D eigenvalue weighted by atomic mass is 16.5. The third-order valence-corrected chi connectivity index (χ3v) is 4.91. The highest BCUT2D eigenvalue weighted by molar-refractivity contribution is 6.36. The van der Waals surface area contributed by atoms with E-state index in [0.717, 1.165) is 0 Å². The zero-order valence-corrected chi connectivity index (χ0v) is 19.2. The Balaban J connectivity index is 2.03. The summed E-state index contributed by atoms with van der Waals surface area (Å²) < 4.78 is 16.5. The number of nitrogens with one attached hydrogen (secondary N) is 1. The van der Waals surface area contributed by atoms with Gasteiger partial charge in [0.15, 0.2) is 11.5 Å².